The average Bonchev–Trinajstić information content (AvgIpc) is 2.18. The van der Waals surface area contributed by atoms with Crippen molar-refractivity contribution in [2.75, 3.05) is 12.9 Å². The first kappa shape index (κ1) is 13.6. The molecule has 6 nitrogen and oxygen atoms in total. The van der Waals surface area contributed by atoms with E-state index < -0.39 is 27.7 Å². The molecule has 0 fully saturated rings. The average molecular weight is 259 g/mol. The van der Waals surface area contributed by atoms with E-state index in [0.29, 0.717) is 5.56 Å². The second-order valence-electron chi connectivity index (χ2n) is 3.70. The first-order valence-corrected chi connectivity index (χ1v) is 6.66. The molecule has 7 heteroatoms. The van der Waals surface area contributed by atoms with Gasteiger partial charge < -0.3 is 0 Å². The summed E-state index contributed by atoms with van der Waals surface area (Å²) in [5, 5.41) is 10.8. The lowest BCUT2D eigenvalue weighted by Crippen LogP contribution is -2.19. The van der Waals surface area contributed by atoms with E-state index >= 15 is 0 Å². The first-order valence-electron chi connectivity index (χ1n) is 4.84. The molecule has 0 aromatic heterocycles. The molecule has 0 aliphatic heterocycles. The van der Waals surface area contributed by atoms with E-state index in [-0.39, 0.29) is 0 Å². The molecule has 0 amide bonds. The van der Waals surface area contributed by atoms with Crippen LogP contribution in [-0.4, -0.2) is 26.2 Å². The van der Waals surface area contributed by atoms with Crippen LogP contribution in [0.15, 0.2) is 24.3 Å². The minimum atomic E-state index is -3.67. The van der Waals surface area contributed by atoms with E-state index in [2.05, 4.69) is 4.18 Å². The predicted octanol–water partition coefficient (Wildman–Crippen LogP) is 1.29. The number of rotatable bonds is 5. The van der Waals surface area contributed by atoms with Crippen molar-refractivity contribution in [3.05, 3.63) is 45.5 Å². The van der Waals surface area contributed by atoms with Crippen molar-refractivity contribution in [1.82, 2.24) is 0 Å². The highest BCUT2D eigenvalue weighted by atomic mass is 32.2. The Bertz CT molecular complexity index is 494. The second kappa shape index (κ2) is 5.24. The quantitative estimate of drug-likeness (QED) is 0.451. The van der Waals surface area contributed by atoms with E-state index in [1.54, 1.807) is 24.3 Å². The van der Waals surface area contributed by atoms with E-state index in [1.165, 1.54) is 0 Å². The molecule has 1 aromatic carbocycles. The lowest BCUT2D eigenvalue weighted by molar-refractivity contribution is -0.531. The summed E-state index contributed by atoms with van der Waals surface area (Å²) in [6.07, 6.45) is 0.860. The van der Waals surface area contributed by atoms with Gasteiger partial charge in [0.05, 0.1) is 6.26 Å². The van der Waals surface area contributed by atoms with Gasteiger partial charge in [0, 0.05) is 10.5 Å². The van der Waals surface area contributed by atoms with Crippen molar-refractivity contribution >= 4 is 10.1 Å². The molecule has 1 rings (SSSR count). The fourth-order valence-electron chi connectivity index (χ4n) is 1.26. The molecule has 1 aromatic rings. The molecule has 1 unspecified atom stereocenters. The van der Waals surface area contributed by atoms with E-state index in [1.807, 2.05) is 6.92 Å². The van der Waals surface area contributed by atoms with E-state index in [9.17, 15) is 18.5 Å². The third-order valence-electron chi connectivity index (χ3n) is 2.16. The number of hydrogen-bond acceptors (Lipinski definition) is 5. The summed E-state index contributed by atoms with van der Waals surface area (Å²) in [7, 11) is -3.67. The summed E-state index contributed by atoms with van der Waals surface area (Å²) < 4.78 is 26.1. The molecule has 17 heavy (non-hydrogen) atoms. The third-order valence-corrected chi connectivity index (χ3v) is 2.72. The lowest BCUT2D eigenvalue weighted by atomic mass is 10.1. The normalized spacial score (nSPS) is 13.3. The second-order valence-corrected chi connectivity index (χ2v) is 5.34. The maximum absolute atomic E-state index is 10.8. The zero-order valence-electron chi connectivity index (χ0n) is 9.49. The maximum atomic E-state index is 10.8. The van der Waals surface area contributed by atoms with Crippen LogP contribution in [0.3, 0.4) is 0 Å². The molecule has 0 bridgehead atoms. The zero-order valence-corrected chi connectivity index (χ0v) is 10.3. The summed E-state index contributed by atoms with van der Waals surface area (Å²) in [5.74, 6) is 0. The number of nitro groups is 1. The van der Waals surface area contributed by atoms with Gasteiger partial charge in [-0.3, -0.25) is 14.3 Å². The molecule has 0 radical (unpaired) electrons. The van der Waals surface area contributed by atoms with E-state index in [4.69, 9.17) is 0 Å². The van der Waals surface area contributed by atoms with Crippen molar-refractivity contribution in [2.45, 2.75) is 13.0 Å². The smallest absolute Gasteiger partial charge is 0.264 e. The number of hydrogen-bond donors (Lipinski definition) is 0. The molecule has 0 aliphatic carbocycles. The van der Waals surface area contributed by atoms with Gasteiger partial charge in [-0.1, -0.05) is 29.8 Å². The Morgan fingerprint density at radius 3 is 2.29 bits per heavy atom. The summed E-state index contributed by atoms with van der Waals surface area (Å²) in [5.41, 5.74) is 1.39. The lowest BCUT2D eigenvalue weighted by Gasteiger charge is -2.09. The van der Waals surface area contributed by atoms with Gasteiger partial charge in [-0.05, 0) is 6.92 Å². The molecule has 0 saturated carbocycles. The minimum absolute atomic E-state index is 0.421. The monoisotopic (exact) mass is 259 g/mol. The Labute approximate surface area is 99.5 Å². The Morgan fingerprint density at radius 1 is 1.35 bits per heavy atom. The highest BCUT2D eigenvalue weighted by molar-refractivity contribution is 7.85. The number of aryl methyl sites for hydroxylation is 1. The topological polar surface area (TPSA) is 86.5 Å². The van der Waals surface area contributed by atoms with Crippen molar-refractivity contribution in [2.24, 2.45) is 0 Å². The molecule has 0 saturated heterocycles. The van der Waals surface area contributed by atoms with Gasteiger partial charge in [0.25, 0.3) is 16.2 Å². The first-order chi connectivity index (χ1) is 7.79. The van der Waals surface area contributed by atoms with Crippen LogP contribution in [0.4, 0.5) is 0 Å². The largest absolute Gasteiger partial charge is 0.264 e. The minimum Gasteiger partial charge on any atom is -0.264 e. The zero-order chi connectivity index (χ0) is 13.1. The van der Waals surface area contributed by atoms with Crippen LogP contribution in [0.2, 0.25) is 0 Å². The molecule has 94 valence electrons. The Hall–Kier alpha value is -1.47. The van der Waals surface area contributed by atoms with Gasteiger partial charge in [0.2, 0.25) is 0 Å². The number of benzene rings is 1. The molecular weight excluding hydrogens is 246 g/mol. The van der Waals surface area contributed by atoms with Crippen LogP contribution in [0.1, 0.15) is 17.2 Å². The van der Waals surface area contributed by atoms with Gasteiger partial charge in [-0.2, -0.15) is 8.42 Å². The van der Waals surface area contributed by atoms with Crippen molar-refractivity contribution in [3.63, 3.8) is 0 Å². The highest BCUT2D eigenvalue weighted by Gasteiger charge is 2.24. The summed E-state index contributed by atoms with van der Waals surface area (Å²) in [6.45, 7) is 1.37. The van der Waals surface area contributed by atoms with Crippen molar-refractivity contribution in [3.8, 4) is 0 Å². The third kappa shape index (κ3) is 4.49. The molecule has 0 N–H and O–H groups in total. The van der Waals surface area contributed by atoms with Gasteiger partial charge in [-0.15, -0.1) is 0 Å². The van der Waals surface area contributed by atoms with Crippen LogP contribution in [0.25, 0.3) is 0 Å². The van der Waals surface area contributed by atoms with Gasteiger partial charge in [0.15, 0.2) is 0 Å². The Kier molecular flexibility index (Phi) is 4.19. The fraction of sp³-hybridized carbons (Fsp3) is 0.400. The van der Waals surface area contributed by atoms with Gasteiger partial charge in [-0.25, -0.2) is 0 Å². The summed E-state index contributed by atoms with van der Waals surface area (Å²) >= 11 is 0. The molecule has 0 aliphatic rings. The van der Waals surface area contributed by atoms with Crippen molar-refractivity contribution in [1.29, 1.82) is 0 Å². The SMILES string of the molecule is Cc1ccc(C(COS(C)(=O)=O)[N+](=O)[O-])cc1. The van der Waals surface area contributed by atoms with Gasteiger partial charge in [0.1, 0.15) is 6.61 Å². The van der Waals surface area contributed by atoms with Crippen LogP contribution in [0.5, 0.6) is 0 Å². The predicted molar refractivity (Wildman–Crippen MR) is 61.7 cm³/mol. The molecular formula is C10H13NO5S. The van der Waals surface area contributed by atoms with E-state index in [0.717, 1.165) is 11.8 Å². The molecule has 0 heterocycles. The Balaban J connectivity index is 2.87. The number of nitrogens with zero attached hydrogens (tertiary/aromatic N) is 1. The van der Waals surface area contributed by atoms with Crippen LogP contribution < -0.4 is 0 Å². The highest BCUT2D eigenvalue weighted by Crippen LogP contribution is 2.18. The summed E-state index contributed by atoms with van der Waals surface area (Å²) in [6, 6.07) is 5.46. The molecule has 1 atom stereocenters. The fourth-order valence-corrected chi connectivity index (χ4v) is 1.63. The standard InChI is InChI=1S/C10H13NO5S/c1-8-3-5-9(6-4-8)10(11(12)13)7-16-17(2,14)15/h3-6,10H,7H2,1-2H3. The van der Waals surface area contributed by atoms with Crippen LogP contribution in [0, 0.1) is 17.0 Å². The van der Waals surface area contributed by atoms with Gasteiger partial charge >= 0.3 is 0 Å². The maximum Gasteiger partial charge on any atom is 0.264 e. The van der Waals surface area contributed by atoms with Crippen LogP contribution >= 0.6 is 0 Å². The van der Waals surface area contributed by atoms with Crippen LogP contribution in [-0.2, 0) is 14.3 Å². The summed E-state index contributed by atoms with van der Waals surface area (Å²) in [4.78, 5) is 10.3. The Morgan fingerprint density at radius 2 is 1.88 bits per heavy atom. The van der Waals surface area contributed by atoms with Crippen molar-refractivity contribution < 1.29 is 17.5 Å². The molecule has 0 spiro atoms.